The number of alkyl halides is 3. The smallest absolute Gasteiger partial charge is 0.405 e. The number of aromatic amines is 1. The number of ether oxygens (including phenoxy) is 1. The van der Waals surface area contributed by atoms with E-state index in [1.165, 1.54) is 30.3 Å². The summed E-state index contributed by atoms with van der Waals surface area (Å²) in [5, 5.41) is 15.9. The van der Waals surface area contributed by atoms with Crippen LogP contribution < -0.4 is 15.4 Å². The molecule has 3 aromatic carbocycles. The zero-order chi connectivity index (χ0) is 27.9. The van der Waals surface area contributed by atoms with Crippen molar-refractivity contribution in [1.82, 2.24) is 15.6 Å². The molecule has 8 nitrogen and oxygen atoms in total. The average Bonchev–Trinajstić information content (AvgIpc) is 3.42. The molecule has 5 rings (SSSR count). The van der Waals surface area contributed by atoms with Crippen LogP contribution in [0.25, 0.3) is 22.0 Å². The van der Waals surface area contributed by atoms with Crippen molar-refractivity contribution in [3.8, 4) is 16.9 Å². The van der Waals surface area contributed by atoms with Gasteiger partial charge in [0.25, 0.3) is 17.7 Å². The SMILES string of the molecule is CC(CO)(Cc1c[nH]c2ccccc12)NC(=O)c1cc(-c2ccc3c(c2)C(=O)NC3=O)ccc1OC(F)(F)F. The van der Waals surface area contributed by atoms with Crippen molar-refractivity contribution in [2.75, 3.05) is 6.61 Å². The van der Waals surface area contributed by atoms with E-state index < -0.39 is 47.5 Å². The third-order valence-electron chi connectivity index (χ3n) is 6.54. The molecular formula is C28H22F3N3O5. The van der Waals surface area contributed by atoms with Crippen molar-refractivity contribution in [3.63, 3.8) is 0 Å². The molecule has 200 valence electrons. The Morgan fingerprint density at radius 1 is 0.974 bits per heavy atom. The average molecular weight is 537 g/mol. The Morgan fingerprint density at radius 3 is 2.41 bits per heavy atom. The van der Waals surface area contributed by atoms with Crippen LogP contribution in [0.2, 0.25) is 0 Å². The lowest BCUT2D eigenvalue weighted by molar-refractivity contribution is -0.274. The van der Waals surface area contributed by atoms with Gasteiger partial charge in [0, 0.05) is 17.1 Å². The number of fused-ring (bicyclic) bond motifs is 2. The molecule has 0 aliphatic carbocycles. The maximum absolute atomic E-state index is 13.4. The maximum Gasteiger partial charge on any atom is 0.573 e. The van der Waals surface area contributed by atoms with Crippen molar-refractivity contribution < 1.29 is 37.4 Å². The van der Waals surface area contributed by atoms with E-state index in [1.807, 2.05) is 24.3 Å². The van der Waals surface area contributed by atoms with Crippen molar-refractivity contribution in [2.45, 2.75) is 25.2 Å². The summed E-state index contributed by atoms with van der Waals surface area (Å²) >= 11 is 0. The van der Waals surface area contributed by atoms with Gasteiger partial charge in [-0.15, -0.1) is 13.2 Å². The summed E-state index contributed by atoms with van der Waals surface area (Å²) < 4.78 is 43.6. The Kier molecular flexibility index (Phi) is 6.39. The molecule has 1 atom stereocenters. The second-order valence-corrected chi connectivity index (χ2v) is 9.51. The van der Waals surface area contributed by atoms with E-state index >= 15 is 0 Å². The lowest BCUT2D eigenvalue weighted by atomic mass is 9.92. The topological polar surface area (TPSA) is 121 Å². The summed E-state index contributed by atoms with van der Waals surface area (Å²) in [4.78, 5) is 40.5. The Labute approximate surface area is 219 Å². The molecule has 0 fully saturated rings. The van der Waals surface area contributed by atoms with Crippen LogP contribution in [0.1, 0.15) is 43.6 Å². The molecule has 0 saturated carbocycles. The summed E-state index contributed by atoms with van der Waals surface area (Å²) in [6.45, 7) is 1.08. The van der Waals surface area contributed by atoms with Crippen LogP contribution in [0.5, 0.6) is 5.75 Å². The first-order valence-electron chi connectivity index (χ1n) is 11.8. The highest BCUT2D eigenvalue weighted by Gasteiger charge is 2.35. The standard InChI is InChI=1S/C28H22F3N3O5/c1-27(14-35,12-17-13-32-22-5-3-2-4-18(17)22)34-26(38)21-11-16(7-9-23(21)39-28(29,30)31)15-6-8-19-20(10-15)25(37)33-24(19)36/h2-11,13,32,35H,12,14H2,1H3,(H,34,38)(H,33,36,37). The summed E-state index contributed by atoms with van der Waals surface area (Å²) in [7, 11) is 0. The fourth-order valence-corrected chi connectivity index (χ4v) is 4.63. The lowest BCUT2D eigenvalue weighted by Crippen LogP contribution is -2.50. The Bertz CT molecular complexity index is 1630. The number of carbonyl (C=O) groups is 3. The van der Waals surface area contributed by atoms with Crippen molar-refractivity contribution in [2.24, 2.45) is 0 Å². The number of benzene rings is 3. The first-order valence-corrected chi connectivity index (χ1v) is 11.8. The molecule has 4 aromatic rings. The fourth-order valence-electron chi connectivity index (χ4n) is 4.63. The Balaban J connectivity index is 1.49. The number of hydrogen-bond acceptors (Lipinski definition) is 5. The summed E-state index contributed by atoms with van der Waals surface area (Å²) in [5.41, 5.74) is 0.998. The highest BCUT2D eigenvalue weighted by atomic mass is 19.4. The molecule has 1 aliphatic heterocycles. The van der Waals surface area contributed by atoms with E-state index in [1.54, 1.807) is 13.1 Å². The highest BCUT2D eigenvalue weighted by Crippen LogP contribution is 2.33. The van der Waals surface area contributed by atoms with Gasteiger partial charge in [0.1, 0.15) is 5.75 Å². The number of aliphatic hydroxyl groups excluding tert-OH is 1. The minimum absolute atomic E-state index is 0.116. The van der Waals surface area contributed by atoms with Gasteiger partial charge in [-0.2, -0.15) is 0 Å². The minimum Gasteiger partial charge on any atom is -0.405 e. The lowest BCUT2D eigenvalue weighted by Gasteiger charge is -2.29. The third-order valence-corrected chi connectivity index (χ3v) is 6.54. The van der Waals surface area contributed by atoms with Gasteiger partial charge in [0.15, 0.2) is 0 Å². The number of H-pyrrole nitrogens is 1. The number of para-hydroxylation sites is 1. The van der Waals surface area contributed by atoms with E-state index in [0.717, 1.165) is 22.5 Å². The molecule has 11 heteroatoms. The van der Waals surface area contributed by atoms with Gasteiger partial charge in [0.05, 0.1) is 28.8 Å². The predicted molar refractivity (Wildman–Crippen MR) is 135 cm³/mol. The van der Waals surface area contributed by atoms with Gasteiger partial charge in [-0.25, -0.2) is 0 Å². The molecule has 1 aromatic heterocycles. The molecule has 0 bridgehead atoms. The number of halogens is 3. The Hall–Kier alpha value is -4.64. The fraction of sp³-hybridized carbons (Fsp3) is 0.179. The van der Waals surface area contributed by atoms with Gasteiger partial charge < -0.3 is 20.1 Å². The van der Waals surface area contributed by atoms with Gasteiger partial charge in [-0.1, -0.05) is 30.3 Å². The molecule has 1 aliphatic rings. The first-order chi connectivity index (χ1) is 18.5. The van der Waals surface area contributed by atoms with Crippen molar-refractivity contribution in [1.29, 1.82) is 0 Å². The van der Waals surface area contributed by atoms with Crippen LogP contribution in [0, 0.1) is 0 Å². The maximum atomic E-state index is 13.4. The molecule has 0 radical (unpaired) electrons. The van der Waals surface area contributed by atoms with Crippen molar-refractivity contribution >= 4 is 28.6 Å². The van der Waals surface area contributed by atoms with Gasteiger partial charge >= 0.3 is 6.36 Å². The van der Waals surface area contributed by atoms with Crippen LogP contribution in [0.4, 0.5) is 13.2 Å². The van der Waals surface area contributed by atoms with Gasteiger partial charge in [-0.3, -0.25) is 19.7 Å². The van der Waals surface area contributed by atoms with E-state index in [4.69, 9.17) is 0 Å². The normalized spacial score (nSPS) is 14.6. The zero-order valence-electron chi connectivity index (χ0n) is 20.5. The van der Waals surface area contributed by atoms with Crippen LogP contribution in [0.3, 0.4) is 0 Å². The van der Waals surface area contributed by atoms with E-state index in [9.17, 15) is 32.7 Å². The van der Waals surface area contributed by atoms with Crippen LogP contribution >= 0.6 is 0 Å². The third kappa shape index (κ3) is 5.21. The number of imide groups is 1. The second kappa shape index (κ2) is 9.59. The zero-order valence-corrected chi connectivity index (χ0v) is 20.5. The molecular weight excluding hydrogens is 515 g/mol. The van der Waals surface area contributed by atoms with Crippen LogP contribution in [-0.4, -0.2) is 46.3 Å². The number of nitrogens with one attached hydrogen (secondary N) is 3. The molecule has 3 amide bonds. The largest absolute Gasteiger partial charge is 0.573 e. The van der Waals surface area contributed by atoms with E-state index in [0.29, 0.717) is 11.1 Å². The van der Waals surface area contributed by atoms with Gasteiger partial charge in [0.2, 0.25) is 0 Å². The summed E-state index contributed by atoms with van der Waals surface area (Å²) in [5.74, 6) is -2.77. The summed E-state index contributed by atoms with van der Waals surface area (Å²) in [6, 6.07) is 15.3. The minimum atomic E-state index is -5.06. The Morgan fingerprint density at radius 2 is 1.67 bits per heavy atom. The molecule has 0 spiro atoms. The van der Waals surface area contributed by atoms with Crippen molar-refractivity contribution in [3.05, 3.63) is 89.1 Å². The van der Waals surface area contributed by atoms with Crippen LogP contribution in [-0.2, 0) is 6.42 Å². The quantitative estimate of drug-likeness (QED) is 0.262. The number of hydrogen-bond donors (Lipinski definition) is 4. The van der Waals surface area contributed by atoms with E-state index in [-0.39, 0.29) is 17.5 Å². The molecule has 4 N–H and O–H groups in total. The number of aliphatic hydroxyl groups is 1. The number of amides is 3. The number of aromatic nitrogens is 1. The number of rotatable bonds is 7. The number of carbonyl (C=O) groups excluding carboxylic acids is 3. The molecule has 0 saturated heterocycles. The van der Waals surface area contributed by atoms with E-state index in [2.05, 4.69) is 20.4 Å². The summed E-state index contributed by atoms with van der Waals surface area (Å²) in [6.07, 6.45) is -3.13. The van der Waals surface area contributed by atoms with Gasteiger partial charge in [-0.05, 0) is 60.4 Å². The monoisotopic (exact) mass is 537 g/mol. The predicted octanol–water partition coefficient (Wildman–Crippen LogP) is 4.34. The molecule has 39 heavy (non-hydrogen) atoms. The van der Waals surface area contributed by atoms with Crippen LogP contribution in [0.15, 0.2) is 66.9 Å². The molecule has 1 unspecified atom stereocenters. The molecule has 2 heterocycles. The first kappa shape index (κ1) is 26.0. The second-order valence-electron chi connectivity index (χ2n) is 9.51. The highest BCUT2D eigenvalue weighted by molar-refractivity contribution is 6.21.